The Morgan fingerprint density at radius 3 is 2.84 bits per heavy atom. The van der Waals surface area contributed by atoms with Gasteiger partial charge in [-0.25, -0.2) is 9.59 Å². The van der Waals surface area contributed by atoms with Crippen molar-refractivity contribution in [1.29, 1.82) is 0 Å². The molecule has 2 heterocycles. The van der Waals surface area contributed by atoms with Crippen LogP contribution in [0, 0.1) is 22.7 Å². The van der Waals surface area contributed by atoms with Crippen LogP contribution in [0.15, 0.2) is 23.3 Å². The third-order valence-corrected chi connectivity index (χ3v) is 7.38. The lowest BCUT2D eigenvalue weighted by Crippen LogP contribution is -2.52. The molecule has 0 bridgehead atoms. The maximum Gasteiger partial charge on any atom is 0.334 e. The van der Waals surface area contributed by atoms with Crippen LogP contribution in [0.5, 0.6) is 0 Å². The maximum absolute atomic E-state index is 12.2. The topological polar surface area (TPSA) is 72.8 Å². The molecule has 1 saturated carbocycles. The number of aliphatic hydroxyl groups excluding tert-OH is 1. The van der Waals surface area contributed by atoms with Gasteiger partial charge in [0.1, 0.15) is 13.2 Å². The van der Waals surface area contributed by atoms with Crippen molar-refractivity contribution < 1.29 is 24.2 Å². The average molecular weight is 346 g/mol. The van der Waals surface area contributed by atoms with Crippen molar-refractivity contribution in [2.45, 2.75) is 52.1 Å². The molecule has 1 saturated heterocycles. The molecule has 2 aliphatic heterocycles. The van der Waals surface area contributed by atoms with Gasteiger partial charge in [-0.2, -0.15) is 0 Å². The molecule has 2 fully saturated rings. The molecule has 25 heavy (non-hydrogen) atoms. The summed E-state index contributed by atoms with van der Waals surface area (Å²) in [5.41, 5.74) is 1.24. The van der Waals surface area contributed by atoms with Gasteiger partial charge < -0.3 is 14.6 Å². The Morgan fingerprint density at radius 1 is 1.32 bits per heavy atom. The Hall–Kier alpha value is -1.62. The number of carbonyl (C=O) groups is 2. The van der Waals surface area contributed by atoms with Crippen molar-refractivity contribution in [2.24, 2.45) is 22.7 Å². The van der Waals surface area contributed by atoms with E-state index in [9.17, 15) is 14.7 Å². The minimum absolute atomic E-state index is 0.113. The van der Waals surface area contributed by atoms with Gasteiger partial charge in [-0.3, -0.25) is 0 Å². The average Bonchev–Trinajstić information content (AvgIpc) is 3.16. The second-order valence-electron chi connectivity index (χ2n) is 8.47. The molecule has 5 nitrogen and oxygen atoms in total. The lowest BCUT2D eigenvalue weighted by Gasteiger charge is -2.57. The number of esters is 2. The van der Waals surface area contributed by atoms with Gasteiger partial charge in [0, 0.05) is 22.6 Å². The van der Waals surface area contributed by atoms with E-state index in [2.05, 4.69) is 19.9 Å². The number of cyclic esters (lactones) is 2. The van der Waals surface area contributed by atoms with Crippen LogP contribution in [0.2, 0.25) is 0 Å². The summed E-state index contributed by atoms with van der Waals surface area (Å²) in [6, 6.07) is 0. The van der Waals surface area contributed by atoms with Crippen molar-refractivity contribution in [1.82, 2.24) is 0 Å². The molecular weight excluding hydrogens is 320 g/mol. The van der Waals surface area contributed by atoms with Crippen molar-refractivity contribution in [3.05, 3.63) is 23.3 Å². The van der Waals surface area contributed by atoms with E-state index in [1.165, 1.54) is 6.08 Å². The first-order valence-corrected chi connectivity index (χ1v) is 9.30. The number of rotatable bonds is 3. The van der Waals surface area contributed by atoms with E-state index in [4.69, 9.17) is 9.47 Å². The summed E-state index contributed by atoms with van der Waals surface area (Å²) < 4.78 is 10.4. The molecular formula is C20H26O5. The quantitative estimate of drug-likeness (QED) is 0.795. The van der Waals surface area contributed by atoms with E-state index in [0.29, 0.717) is 30.4 Å². The Balaban J connectivity index is 1.65. The van der Waals surface area contributed by atoms with Crippen LogP contribution >= 0.6 is 0 Å². The fourth-order valence-electron chi connectivity index (χ4n) is 5.76. The lowest BCUT2D eigenvalue weighted by atomic mass is 9.46. The number of ether oxygens (including phenoxy) is 2. The Morgan fingerprint density at radius 2 is 2.12 bits per heavy atom. The van der Waals surface area contributed by atoms with Crippen molar-refractivity contribution in [2.75, 3.05) is 13.2 Å². The fraction of sp³-hybridized carbons (Fsp3) is 0.700. The van der Waals surface area contributed by atoms with Gasteiger partial charge in [-0.05, 0) is 49.4 Å². The maximum atomic E-state index is 12.2. The van der Waals surface area contributed by atoms with Crippen LogP contribution in [0.25, 0.3) is 0 Å². The van der Waals surface area contributed by atoms with Gasteiger partial charge in [0.05, 0.1) is 6.10 Å². The minimum Gasteiger partial charge on any atom is -0.461 e. The summed E-state index contributed by atoms with van der Waals surface area (Å²) in [4.78, 5) is 23.6. The second-order valence-corrected chi connectivity index (χ2v) is 8.47. The van der Waals surface area contributed by atoms with Gasteiger partial charge in [0.25, 0.3) is 0 Å². The van der Waals surface area contributed by atoms with E-state index >= 15 is 0 Å². The zero-order valence-electron chi connectivity index (χ0n) is 14.9. The molecule has 0 aromatic rings. The van der Waals surface area contributed by atoms with E-state index in [1.807, 2.05) is 0 Å². The monoisotopic (exact) mass is 346 g/mol. The molecule has 0 aromatic carbocycles. The molecule has 0 aromatic heterocycles. The SMILES string of the molecule is C[C@@H]1CC[C@]23COC(=O)C2=CCC[C@H]3[C@@]1(C)C[C@H](O)C1=CC(=O)OC1. The van der Waals surface area contributed by atoms with Crippen molar-refractivity contribution in [3.8, 4) is 0 Å². The van der Waals surface area contributed by atoms with Gasteiger partial charge in [0.2, 0.25) is 0 Å². The number of carbonyl (C=O) groups excluding carboxylic acids is 2. The van der Waals surface area contributed by atoms with Gasteiger partial charge in [-0.1, -0.05) is 19.9 Å². The third kappa shape index (κ3) is 2.39. The second kappa shape index (κ2) is 5.70. The van der Waals surface area contributed by atoms with Crippen molar-refractivity contribution in [3.63, 3.8) is 0 Å². The highest BCUT2D eigenvalue weighted by Gasteiger charge is 2.61. The summed E-state index contributed by atoms with van der Waals surface area (Å²) in [6.07, 6.45) is 7.30. The molecule has 136 valence electrons. The van der Waals surface area contributed by atoms with Crippen molar-refractivity contribution >= 4 is 11.9 Å². The molecule has 4 aliphatic rings. The van der Waals surface area contributed by atoms with E-state index < -0.39 is 6.10 Å². The van der Waals surface area contributed by atoms with Gasteiger partial charge in [0.15, 0.2) is 0 Å². The molecule has 0 unspecified atom stereocenters. The fourth-order valence-corrected chi connectivity index (χ4v) is 5.76. The molecule has 2 aliphatic carbocycles. The highest BCUT2D eigenvalue weighted by molar-refractivity contribution is 5.92. The molecule has 0 radical (unpaired) electrons. The standard InChI is InChI=1S/C20H26O5/c1-12-6-7-20-11-25-18(23)14(20)4-3-5-16(20)19(12,2)9-15(21)13-8-17(22)24-10-13/h4,8,12,15-16,21H,3,5-7,9-11H2,1-2H3/t12-,15+,16+,19+,20+/m1/s1. The van der Waals surface area contributed by atoms with Crippen LogP contribution in [0.4, 0.5) is 0 Å². The number of aliphatic hydroxyl groups is 1. The van der Waals surface area contributed by atoms with Gasteiger partial charge >= 0.3 is 11.9 Å². The Kier molecular flexibility index (Phi) is 3.83. The third-order valence-electron chi connectivity index (χ3n) is 7.38. The molecule has 0 amide bonds. The lowest BCUT2D eigenvalue weighted by molar-refractivity contribution is -0.136. The normalized spacial score (nSPS) is 41.2. The summed E-state index contributed by atoms with van der Waals surface area (Å²) >= 11 is 0. The molecule has 1 N–H and O–H groups in total. The molecule has 4 rings (SSSR count). The van der Waals surface area contributed by atoms with Crippen LogP contribution in [-0.4, -0.2) is 36.4 Å². The first kappa shape index (κ1) is 16.8. The largest absolute Gasteiger partial charge is 0.461 e. The number of allylic oxidation sites excluding steroid dienone is 1. The highest BCUT2D eigenvalue weighted by atomic mass is 16.5. The minimum atomic E-state index is -0.679. The smallest absolute Gasteiger partial charge is 0.334 e. The molecule has 5 atom stereocenters. The predicted octanol–water partition coefficient (Wildman–Crippen LogP) is 2.54. The summed E-state index contributed by atoms with van der Waals surface area (Å²) in [6.45, 7) is 5.16. The number of hydrogen-bond donors (Lipinski definition) is 1. The molecule has 5 heteroatoms. The van der Waals surface area contributed by atoms with E-state index in [-0.39, 0.29) is 29.4 Å². The van der Waals surface area contributed by atoms with Crippen LogP contribution in [0.1, 0.15) is 46.0 Å². The predicted molar refractivity (Wildman–Crippen MR) is 90.4 cm³/mol. The first-order chi connectivity index (χ1) is 11.9. The first-order valence-electron chi connectivity index (χ1n) is 9.30. The summed E-state index contributed by atoms with van der Waals surface area (Å²) in [7, 11) is 0. The summed E-state index contributed by atoms with van der Waals surface area (Å²) in [5.74, 6) is 0.222. The van der Waals surface area contributed by atoms with Crippen LogP contribution in [0.3, 0.4) is 0 Å². The van der Waals surface area contributed by atoms with Gasteiger partial charge in [-0.15, -0.1) is 0 Å². The Bertz CT molecular complexity index is 678. The highest BCUT2D eigenvalue weighted by Crippen LogP contribution is 2.63. The molecule has 1 spiro atoms. The zero-order chi connectivity index (χ0) is 17.8. The Labute approximate surface area is 148 Å². The number of hydrogen-bond acceptors (Lipinski definition) is 5. The van der Waals surface area contributed by atoms with Crippen LogP contribution < -0.4 is 0 Å². The zero-order valence-corrected chi connectivity index (χ0v) is 14.9. The van der Waals surface area contributed by atoms with E-state index in [1.54, 1.807) is 0 Å². The summed E-state index contributed by atoms with van der Waals surface area (Å²) in [5, 5.41) is 10.8. The van der Waals surface area contributed by atoms with Crippen LogP contribution in [-0.2, 0) is 19.1 Å². The van der Waals surface area contributed by atoms with E-state index in [0.717, 1.165) is 31.3 Å².